The van der Waals surface area contributed by atoms with Crippen molar-refractivity contribution in [1.82, 2.24) is 9.80 Å². The average molecular weight is 375 g/mol. The highest BCUT2D eigenvalue weighted by molar-refractivity contribution is 5.98. The molecule has 1 aromatic carbocycles. The minimum Gasteiger partial charge on any atom is -0.481 e. The molecule has 1 aliphatic heterocycles. The first-order valence-electron chi connectivity index (χ1n) is 8.97. The second-order valence-electron chi connectivity index (χ2n) is 6.64. The van der Waals surface area contributed by atoms with E-state index in [1.165, 1.54) is 4.90 Å². The molecule has 3 amide bonds. The van der Waals surface area contributed by atoms with E-state index in [0.717, 1.165) is 0 Å². The molecule has 0 bridgehead atoms. The molecule has 146 valence electrons. The molecule has 1 fully saturated rings. The molecule has 27 heavy (non-hydrogen) atoms. The van der Waals surface area contributed by atoms with E-state index in [-0.39, 0.29) is 24.3 Å². The summed E-state index contributed by atoms with van der Waals surface area (Å²) in [5, 5.41) is 11.7. The van der Waals surface area contributed by atoms with Crippen LogP contribution in [-0.4, -0.2) is 65.3 Å². The molecule has 8 nitrogen and oxygen atoms in total. The van der Waals surface area contributed by atoms with Gasteiger partial charge in [0.15, 0.2) is 0 Å². The summed E-state index contributed by atoms with van der Waals surface area (Å²) in [4.78, 5) is 50.4. The Labute approximate surface area is 158 Å². The predicted molar refractivity (Wildman–Crippen MR) is 99.3 cm³/mol. The van der Waals surface area contributed by atoms with Gasteiger partial charge in [-0.1, -0.05) is 13.0 Å². The first kappa shape index (κ1) is 20.4. The number of rotatable bonds is 6. The molecule has 0 spiro atoms. The topological polar surface area (TPSA) is 107 Å². The predicted octanol–water partition coefficient (Wildman–Crippen LogP) is 1.43. The van der Waals surface area contributed by atoms with E-state index in [0.29, 0.717) is 43.6 Å². The monoisotopic (exact) mass is 375 g/mol. The second-order valence-corrected chi connectivity index (χ2v) is 6.64. The van der Waals surface area contributed by atoms with E-state index < -0.39 is 11.9 Å². The third-order valence-electron chi connectivity index (χ3n) is 4.63. The van der Waals surface area contributed by atoms with Gasteiger partial charge in [0.2, 0.25) is 11.8 Å². The number of aliphatic carboxylic acids is 1. The highest BCUT2D eigenvalue weighted by atomic mass is 16.4. The van der Waals surface area contributed by atoms with Crippen molar-refractivity contribution < 1.29 is 24.3 Å². The molecule has 0 saturated carbocycles. The van der Waals surface area contributed by atoms with E-state index in [9.17, 15) is 19.2 Å². The number of hydrogen-bond acceptors (Lipinski definition) is 4. The molecule has 0 radical (unpaired) electrons. The number of nitrogens with one attached hydrogen (secondary N) is 1. The quantitative estimate of drug-likeness (QED) is 0.782. The molecule has 1 aromatic rings. The van der Waals surface area contributed by atoms with Crippen molar-refractivity contribution in [2.75, 3.05) is 32.0 Å². The van der Waals surface area contributed by atoms with Crippen LogP contribution in [0.1, 0.15) is 36.5 Å². The Morgan fingerprint density at radius 2 is 1.89 bits per heavy atom. The van der Waals surface area contributed by atoms with Crippen LogP contribution in [0.3, 0.4) is 0 Å². The van der Waals surface area contributed by atoms with Gasteiger partial charge in [-0.25, -0.2) is 0 Å². The smallest absolute Gasteiger partial charge is 0.306 e. The molecule has 2 rings (SSSR count). The molecule has 1 aliphatic rings. The lowest BCUT2D eigenvalue weighted by Gasteiger charge is -2.31. The third-order valence-corrected chi connectivity index (χ3v) is 4.63. The number of benzene rings is 1. The van der Waals surface area contributed by atoms with Gasteiger partial charge in [0.25, 0.3) is 5.91 Å². The van der Waals surface area contributed by atoms with Crippen LogP contribution in [-0.2, 0) is 14.4 Å². The molecule has 8 heteroatoms. The van der Waals surface area contributed by atoms with E-state index in [4.69, 9.17) is 5.11 Å². The molecular formula is C19H25N3O5. The third kappa shape index (κ3) is 5.54. The van der Waals surface area contributed by atoms with E-state index in [1.54, 1.807) is 43.1 Å². The van der Waals surface area contributed by atoms with Gasteiger partial charge in [-0.3, -0.25) is 19.2 Å². The maximum atomic E-state index is 12.6. The lowest BCUT2D eigenvalue weighted by Crippen LogP contribution is -2.45. The fourth-order valence-corrected chi connectivity index (χ4v) is 2.95. The molecule has 1 heterocycles. The van der Waals surface area contributed by atoms with Crippen molar-refractivity contribution in [3.8, 4) is 0 Å². The normalized spacial score (nSPS) is 14.5. The van der Waals surface area contributed by atoms with Crippen LogP contribution in [0.25, 0.3) is 0 Å². The zero-order valence-corrected chi connectivity index (χ0v) is 15.6. The number of carboxylic acids is 1. The van der Waals surface area contributed by atoms with Gasteiger partial charge in [0.05, 0.1) is 12.5 Å². The Morgan fingerprint density at radius 1 is 1.22 bits per heavy atom. The number of amides is 3. The van der Waals surface area contributed by atoms with Crippen molar-refractivity contribution in [2.24, 2.45) is 5.92 Å². The minimum atomic E-state index is -0.829. The van der Waals surface area contributed by atoms with Gasteiger partial charge in [-0.2, -0.15) is 0 Å². The summed E-state index contributed by atoms with van der Waals surface area (Å²) in [7, 11) is 1.54. The lowest BCUT2D eigenvalue weighted by molar-refractivity contribution is -0.145. The summed E-state index contributed by atoms with van der Waals surface area (Å²) in [6.07, 6.45) is 1.20. The maximum Gasteiger partial charge on any atom is 0.306 e. The molecule has 0 aromatic heterocycles. The fraction of sp³-hybridized carbons (Fsp3) is 0.474. The largest absolute Gasteiger partial charge is 0.481 e. The van der Waals surface area contributed by atoms with Gasteiger partial charge in [-0.15, -0.1) is 0 Å². The number of nitrogens with zero attached hydrogens (tertiary/aromatic N) is 2. The Balaban J connectivity index is 1.93. The SMILES string of the molecule is CCC(=O)Nc1cccc(C(=O)N(C)CC(=O)N2CCC(C(=O)O)CC2)c1. The van der Waals surface area contributed by atoms with Crippen LogP contribution in [0.2, 0.25) is 0 Å². The van der Waals surface area contributed by atoms with Crippen LogP contribution in [0, 0.1) is 5.92 Å². The zero-order valence-electron chi connectivity index (χ0n) is 15.6. The first-order chi connectivity index (χ1) is 12.8. The fourth-order valence-electron chi connectivity index (χ4n) is 2.95. The number of carbonyl (C=O) groups excluding carboxylic acids is 3. The van der Waals surface area contributed by atoms with Gasteiger partial charge >= 0.3 is 5.97 Å². The summed E-state index contributed by atoms with van der Waals surface area (Å²) >= 11 is 0. The summed E-state index contributed by atoms with van der Waals surface area (Å²) in [5.41, 5.74) is 0.909. The van der Waals surface area contributed by atoms with Crippen LogP contribution in [0.5, 0.6) is 0 Å². The number of likely N-dealkylation sites (tertiary alicyclic amines) is 1. The molecule has 0 atom stereocenters. The number of carboxylic acid groups (broad SMARTS) is 1. The number of anilines is 1. The highest BCUT2D eigenvalue weighted by Gasteiger charge is 2.28. The second kappa shape index (κ2) is 9.16. The van der Waals surface area contributed by atoms with E-state index in [1.807, 2.05) is 0 Å². The summed E-state index contributed by atoms with van der Waals surface area (Å²) < 4.78 is 0. The zero-order chi connectivity index (χ0) is 20.0. The Morgan fingerprint density at radius 3 is 2.48 bits per heavy atom. The first-order valence-corrected chi connectivity index (χ1v) is 8.97. The summed E-state index contributed by atoms with van der Waals surface area (Å²) in [6.45, 7) is 2.43. The van der Waals surface area contributed by atoms with Crippen LogP contribution in [0.15, 0.2) is 24.3 Å². The van der Waals surface area contributed by atoms with Crippen molar-refractivity contribution >= 4 is 29.4 Å². The highest BCUT2D eigenvalue weighted by Crippen LogP contribution is 2.18. The van der Waals surface area contributed by atoms with Crippen molar-refractivity contribution in [3.05, 3.63) is 29.8 Å². The van der Waals surface area contributed by atoms with Crippen molar-refractivity contribution in [1.29, 1.82) is 0 Å². The summed E-state index contributed by atoms with van der Waals surface area (Å²) in [5.74, 6) is -1.91. The van der Waals surface area contributed by atoms with Crippen LogP contribution >= 0.6 is 0 Å². The lowest BCUT2D eigenvalue weighted by atomic mass is 9.97. The maximum absolute atomic E-state index is 12.6. The summed E-state index contributed by atoms with van der Waals surface area (Å²) in [6, 6.07) is 6.57. The van der Waals surface area contributed by atoms with Crippen LogP contribution in [0.4, 0.5) is 5.69 Å². The Bertz CT molecular complexity index is 726. The average Bonchev–Trinajstić information content (AvgIpc) is 2.67. The van der Waals surface area contributed by atoms with E-state index in [2.05, 4.69) is 5.32 Å². The molecular weight excluding hydrogens is 350 g/mol. The Hall–Kier alpha value is -2.90. The number of likely N-dealkylation sites (N-methyl/N-ethyl adjacent to an activating group) is 1. The van der Waals surface area contributed by atoms with Crippen molar-refractivity contribution in [2.45, 2.75) is 26.2 Å². The standard InChI is InChI=1S/C19H25N3O5/c1-3-16(23)20-15-6-4-5-14(11-15)18(25)21(2)12-17(24)22-9-7-13(8-10-22)19(26)27/h4-6,11,13H,3,7-10,12H2,1-2H3,(H,20,23)(H,26,27). The number of carbonyl (C=O) groups is 4. The van der Waals surface area contributed by atoms with Crippen LogP contribution < -0.4 is 5.32 Å². The van der Waals surface area contributed by atoms with Gasteiger partial charge < -0.3 is 20.2 Å². The van der Waals surface area contributed by atoms with Gasteiger partial charge in [0, 0.05) is 37.8 Å². The molecule has 0 unspecified atom stereocenters. The molecule has 2 N–H and O–H groups in total. The molecule has 1 saturated heterocycles. The van der Waals surface area contributed by atoms with Crippen molar-refractivity contribution in [3.63, 3.8) is 0 Å². The number of hydrogen-bond donors (Lipinski definition) is 2. The number of piperidine rings is 1. The Kier molecular flexibility index (Phi) is 6.92. The van der Waals surface area contributed by atoms with Gasteiger partial charge in [-0.05, 0) is 31.0 Å². The minimum absolute atomic E-state index is 0.0812. The van der Waals surface area contributed by atoms with E-state index >= 15 is 0 Å². The molecule has 0 aliphatic carbocycles. The van der Waals surface area contributed by atoms with Gasteiger partial charge in [0.1, 0.15) is 0 Å².